The van der Waals surface area contributed by atoms with Crippen molar-refractivity contribution in [2.45, 2.75) is 36.1 Å². The lowest BCUT2D eigenvalue weighted by Gasteiger charge is -2.14. The fraction of sp³-hybridized carbons (Fsp3) is 0.667. The second-order valence-electron chi connectivity index (χ2n) is 5.57. The number of thioether (sulfide) groups is 2. The molecule has 1 aromatic heterocycles. The van der Waals surface area contributed by atoms with Crippen LogP contribution in [0.5, 0.6) is 0 Å². The first-order valence-corrected chi connectivity index (χ1v) is 13.1. The van der Waals surface area contributed by atoms with Crippen molar-refractivity contribution >= 4 is 44.7 Å². The molecule has 1 heterocycles. The molecular weight excluding hydrogens is 440 g/mol. The van der Waals surface area contributed by atoms with Crippen LogP contribution in [-0.4, -0.2) is 66.0 Å². The van der Waals surface area contributed by atoms with Gasteiger partial charge in [-0.25, -0.2) is 9.97 Å². The highest BCUT2D eigenvalue weighted by molar-refractivity contribution is 8.00. The van der Waals surface area contributed by atoms with Crippen LogP contribution in [0.15, 0.2) is 16.1 Å². The van der Waals surface area contributed by atoms with Gasteiger partial charge in [-0.15, -0.1) is 23.5 Å². The van der Waals surface area contributed by atoms with Crippen molar-refractivity contribution in [1.29, 1.82) is 0 Å². The van der Waals surface area contributed by atoms with Gasteiger partial charge in [-0.05, 0) is 13.8 Å². The van der Waals surface area contributed by atoms with E-state index in [4.69, 9.17) is 34.8 Å². The molecule has 0 bridgehead atoms. The van der Waals surface area contributed by atoms with Crippen molar-refractivity contribution in [3.63, 3.8) is 0 Å². The Morgan fingerprint density at radius 2 is 1.33 bits per heavy atom. The summed E-state index contributed by atoms with van der Waals surface area (Å²) in [6, 6.07) is 1.69. The molecule has 27 heavy (non-hydrogen) atoms. The molecule has 0 fully saturated rings. The van der Waals surface area contributed by atoms with E-state index in [1.165, 1.54) is 23.5 Å². The van der Waals surface area contributed by atoms with Crippen molar-refractivity contribution in [2.75, 3.05) is 29.9 Å². The molecule has 0 spiro atoms. The lowest BCUT2D eigenvalue weighted by atomic mass is 10.5. The molecule has 0 aromatic carbocycles. The number of ether oxygens (including phenoxy) is 2. The molecule has 2 atom stereocenters. The van der Waals surface area contributed by atoms with E-state index in [-0.39, 0.29) is 5.95 Å². The van der Waals surface area contributed by atoms with Crippen molar-refractivity contribution in [1.82, 2.24) is 9.97 Å². The van der Waals surface area contributed by atoms with Crippen LogP contribution in [0.1, 0.15) is 13.8 Å². The monoisotopic (exact) mass is 463 g/mol. The van der Waals surface area contributed by atoms with Gasteiger partial charge >= 0.3 is 15.2 Å². The molecule has 0 amide bonds. The molecule has 0 aliphatic rings. The van der Waals surface area contributed by atoms with Gasteiger partial charge < -0.3 is 34.8 Å². The van der Waals surface area contributed by atoms with Crippen molar-refractivity contribution in [3.8, 4) is 0 Å². The van der Waals surface area contributed by atoms with Gasteiger partial charge in [0.2, 0.25) is 5.95 Å². The largest absolute Gasteiger partial charge is 0.368 e. The molecule has 0 saturated heterocycles. The Kier molecular flexibility index (Phi) is 10.2. The molecule has 0 aliphatic heterocycles. The molecule has 15 heteroatoms. The Balaban J connectivity index is 2.51. The molecule has 0 radical (unpaired) electrons. The van der Waals surface area contributed by atoms with E-state index in [1.54, 1.807) is 19.9 Å². The summed E-state index contributed by atoms with van der Waals surface area (Å²) in [4.78, 5) is 43.4. The van der Waals surface area contributed by atoms with Gasteiger partial charge in [-0.3, -0.25) is 9.13 Å². The number of nitrogen functional groups attached to an aromatic ring is 1. The van der Waals surface area contributed by atoms with Crippen molar-refractivity contribution in [3.05, 3.63) is 6.07 Å². The van der Waals surface area contributed by atoms with Crippen LogP contribution in [0, 0.1) is 0 Å². The first kappa shape index (κ1) is 24.8. The fourth-order valence-electron chi connectivity index (χ4n) is 1.52. The molecule has 0 aliphatic carbocycles. The van der Waals surface area contributed by atoms with Crippen molar-refractivity contribution < 1.29 is 38.2 Å². The normalized spacial score (nSPS) is 14.9. The maximum Gasteiger partial charge on any atom is 0.350 e. The van der Waals surface area contributed by atoms with Crippen LogP contribution in [0.2, 0.25) is 0 Å². The molecule has 6 N–H and O–H groups in total. The number of rotatable bonds is 12. The first-order chi connectivity index (χ1) is 12.3. The Morgan fingerprint density at radius 1 is 0.963 bits per heavy atom. The van der Waals surface area contributed by atoms with E-state index in [0.717, 1.165) is 0 Å². The zero-order valence-electron chi connectivity index (χ0n) is 14.7. The number of aromatic nitrogens is 2. The number of anilines is 1. The Labute approximate surface area is 165 Å². The minimum absolute atomic E-state index is 0.0649. The van der Waals surface area contributed by atoms with Crippen LogP contribution in [-0.2, 0) is 18.6 Å². The molecule has 0 saturated carbocycles. The Hall–Kier alpha value is -0.200. The van der Waals surface area contributed by atoms with Gasteiger partial charge in [0.05, 0.1) is 12.2 Å². The summed E-state index contributed by atoms with van der Waals surface area (Å²) < 4.78 is 31.7. The predicted molar refractivity (Wildman–Crippen MR) is 103 cm³/mol. The SMILES string of the molecule is C[C@H](CSc1cc(SC[C@H](C)OCP(=O)(O)O)nc(N)n1)OCP(=O)(O)O. The van der Waals surface area contributed by atoms with E-state index in [0.29, 0.717) is 21.6 Å². The molecule has 1 aromatic rings. The Morgan fingerprint density at radius 3 is 1.67 bits per heavy atom. The summed E-state index contributed by atoms with van der Waals surface area (Å²) in [6.07, 6.45) is -2.10. The number of hydrogen-bond donors (Lipinski definition) is 5. The lowest BCUT2D eigenvalue weighted by Crippen LogP contribution is -2.13. The van der Waals surface area contributed by atoms with Crippen LogP contribution in [0.4, 0.5) is 5.95 Å². The number of hydrogen-bond acceptors (Lipinski definition) is 9. The van der Waals surface area contributed by atoms with E-state index in [1.807, 2.05) is 0 Å². The highest BCUT2D eigenvalue weighted by Gasteiger charge is 2.17. The first-order valence-electron chi connectivity index (χ1n) is 7.56. The molecular formula is C12H23N3O8P2S2. The smallest absolute Gasteiger partial charge is 0.350 e. The van der Waals surface area contributed by atoms with Gasteiger partial charge in [0, 0.05) is 17.6 Å². The third-order valence-corrected chi connectivity index (χ3v) is 5.94. The molecule has 1 rings (SSSR count). The third-order valence-electron chi connectivity index (χ3n) is 2.68. The van der Waals surface area contributed by atoms with E-state index < -0.39 is 40.1 Å². The zero-order valence-corrected chi connectivity index (χ0v) is 18.1. The van der Waals surface area contributed by atoms with E-state index in [2.05, 4.69) is 9.97 Å². The standard InChI is InChI=1S/C12H23N3O8P2S2/c1-8(22-6-24(16,17)18)4-26-10-3-11(15-12(13)14-10)27-5-9(2)23-7-25(19,20)21/h3,8-9H,4-7H2,1-2H3,(H2,13,14,15)(H2,16,17,18)(H2,19,20,21)/t8-,9+. The number of nitrogens with two attached hydrogens (primary N) is 1. The second kappa shape index (κ2) is 11.1. The summed E-state index contributed by atoms with van der Waals surface area (Å²) in [6.45, 7) is 3.37. The van der Waals surface area contributed by atoms with E-state index >= 15 is 0 Å². The van der Waals surface area contributed by atoms with Gasteiger partial charge in [0.1, 0.15) is 22.7 Å². The van der Waals surface area contributed by atoms with Gasteiger partial charge in [-0.1, -0.05) is 0 Å². The highest BCUT2D eigenvalue weighted by atomic mass is 32.2. The van der Waals surface area contributed by atoms with Gasteiger partial charge in [-0.2, -0.15) is 0 Å². The molecule has 0 unspecified atom stereocenters. The van der Waals surface area contributed by atoms with Gasteiger partial charge in [0.15, 0.2) is 0 Å². The Bertz CT molecular complexity index is 647. The average Bonchev–Trinajstić information content (AvgIpc) is 2.52. The summed E-state index contributed by atoms with van der Waals surface area (Å²) in [5, 5.41) is 1.14. The predicted octanol–water partition coefficient (Wildman–Crippen LogP) is 1.32. The minimum Gasteiger partial charge on any atom is -0.368 e. The average molecular weight is 463 g/mol. The summed E-state index contributed by atoms with van der Waals surface area (Å²) >= 11 is 2.60. The third kappa shape index (κ3) is 12.8. The number of nitrogens with zero attached hydrogens (tertiary/aromatic N) is 2. The summed E-state index contributed by atoms with van der Waals surface area (Å²) in [5.74, 6) is 0.875. The van der Waals surface area contributed by atoms with Crippen LogP contribution in [0.3, 0.4) is 0 Å². The van der Waals surface area contributed by atoms with Crippen LogP contribution >= 0.6 is 38.7 Å². The summed E-state index contributed by atoms with van der Waals surface area (Å²) in [5.41, 5.74) is 5.69. The van der Waals surface area contributed by atoms with E-state index in [9.17, 15) is 9.13 Å². The summed E-state index contributed by atoms with van der Waals surface area (Å²) in [7, 11) is -8.41. The zero-order chi connectivity index (χ0) is 20.7. The lowest BCUT2D eigenvalue weighted by molar-refractivity contribution is 0.105. The highest BCUT2D eigenvalue weighted by Crippen LogP contribution is 2.35. The quantitative estimate of drug-likeness (QED) is 0.170. The maximum absolute atomic E-state index is 10.8. The van der Waals surface area contributed by atoms with Crippen LogP contribution < -0.4 is 5.73 Å². The van der Waals surface area contributed by atoms with Gasteiger partial charge in [0.25, 0.3) is 0 Å². The molecule has 156 valence electrons. The minimum atomic E-state index is -4.21. The fourth-order valence-corrected chi connectivity index (χ4v) is 4.20. The van der Waals surface area contributed by atoms with Crippen LogP contribution in [0.25, 0.3) is 0 Å². The topological polar surface area (TPSA) is 185 Å². The maximum atomic E-state index is 10.8. The second-order valence-corrected chi connectivity index (χ2v) is 10.8. The molecule has 11 nitrogen and oxygen atoms in total. The van der Waals surface area contributed by atoms with Crippen molar-refractivity contribution in [2.24, 2.45) is 0 Å².